The topological polar surface area (TPSA) is 48.9 Å². The van der Waals surface area contributed by atoms with E-state index in [9.17, 15) is 0 Å². The summed E-state index contributed by atoms with van der Waals surface area (Å²) in [6, 6.07) is 6.59. The van der Waals surface area contributed by atoms with E-state index in [2.05, 4.69) is 60.8 Å². The van der Waals surface area contributed by atoms with Crippen LogP contribution in [0.2, 0.25) is 0 Å². The lowest BCUT2D eigenvalue weighted by atomic mass is 10.1. The van der Waals surface area contributed by atoms with Crippen molar-refractivity contribution in [1.29, 1.82) is 0 Å². The maximum Gasteiger partial charge on any atom is 0.191 e. The smallest absolute Gasteiger partial charge is 0.191 e. The van der Waals surface area contributed by atoms with E-state index >= 15 is 0 Å². The molecule has 0 aromatic heterocycles. The molecule has 1 fully saturated rings. The van der Waals surface area contributed by atoms with Crippen LogP contribution in [-0.4, -0.2) is 63.1 Å². The minimum absolute atomic E-state index is 0. The molecule has 0 saturated carbocycles. The van der Waals surface area contributed by atoms with E-state index in [1.165, 1.54) is 16.0 Å². The van der Waals surface area contributed by atoms with Crippen molar-refractivity contribution in [2.75, 3.05) is 52.2 Å². The number of nitrogens with one attached hydrogen (secondary N) is 2. The molecule has 1 aromatic rings. The third-order valence-electron chi connectivity index (χ3n) is 4.49. The molecular weight excluding hydrogens is 471 g/mol. The average molecular weight is 506 g/mol. The van der Waals surface area contributed by atoms with Crippen molar-refractivity contribution >= 4 is 41.7 Å². The summed E-state index contributed by atoms with van der Waals surface area (Å²) >= 11 is 1.79. The molecule has 27 heavy (non-hydrogen) atoms. The van der Waals surface area contributed by atoms with E-state index in [4.69, 9.17) is 9.73 Å². The number of nitrogens with zero attached hydrogens (tertiary/aromatic N) is 2. The van der Waals surface area contributed by atoms with Crippen LogP contribution < -0.4 is 10.6 Å². The molecule has 1 saturated heterocycles. The van der Waals surface area contributed by atoms with E-state index in [-0.39, 0.29) is 24.0 Å². The molecule has 7 heteroatoms. The fourth-order valence-electron chi connectivity index (χ4n) is 3.05. The zero-order valence-corrected chi connectivity index (χ0v) is 20.2. The highest BCUT2D eigenvalue weighted by Gasteiger charge is 2.14. The third-order valence-corrected chi connectivity index (χ3v) is 5.31. The van der Waals surface area contributed by atoms with E-state index in [1.807, 2.05) is 0 Å². The van der Waals surface area contributed by atoms with E-state index in [0.717, 1.165) is 51.9 Å². The first-order chi connectivity index (χ1) is 12.6. The van der Waals surface area contributed by atoms with Gasteiger partial charge in [0, 0.05) is 37.6 Å². The van der Waals surface area contributed by atoms with E-state index in [1.54, 1.807) is 11.8 Å². The van der Waals surface area contributed by atoms with Crippen LogP contribution in [-0.2, 0) is 11.3 Å². The molecule has 5 nitrogen and oxygen atoms in total. The molecule has 0 amide bonds. The molecule has 154 valence electrons. The van der Waals surface area contributed by atoms with Crippen LogP contribution in [0.15, 0.2) is 28.1 Å². The molecule has 2 N–H and O–H groups in total. The number of rotatable bonds is 8. The standard InChI is InChI=1S/C20H34N4OS.HI/c1-5-21-20(22-13-17(3)15-24-8-10-25-11-9-24)23-14-18-7-6-16(2)12-19(18)26-4;/h6-7,12,17H,5,8-11,13-15H2,1-4H3,(H2,21,22,23);1H. The number of halogens is 1. The molecule has 0 spiro atoms. The Labute approximate surface area is 186 Å². The minimum atomic E-state index is 0. The molecular formula is C20H35IN4OS. The number of morpholine rings is 1. The van der Waals surface area contributed by atoms with Gasteiger partial charge in [0.2, 0.25) is 0 Å². The molecule has 1 aromatic carbocycles. The number of thioether (sulfide) groups is 1. The van der Waals surface area contributed by atoms with Gasteiger partial charge in [-0.2, -0.15) is 0 Å². The monoisotopic (exact) mass is 506 g/mol. The van der Waals surface area contributed by atoms with Gasteiger partial charge in [0.25, 0.3) is 0 Å². The zero-order chi connectivity index (χ0) is 18.8. The van der Waals surface area contributed by atoms with Crippen molar-refractivity contribution in [3.8, 4) is 0 Å². The minimum Gasteiger partial charge on any atom is -0.379 e. The Morgan fingerprint density at radius 3 is 2.70 bits per heavy atom. The molecule has 0 bridgehead atoms. The van der Waals surface area contributed by atoms with Crippen LogP contribution in [0, 0.1) is 12.8 Å². The first-order valence-corrected chi connectivity index (χ1v) is 10.8. The van der Waals surface area contributed by atoms with E-state index in [0.29, 0.717) is 12.5 Å². The number of guanidine groups is 1. The van der Waals surface area contributed by atoms with Gasteiger partial charge in [-0.15, -0.1) is 35.7 Å². The molecule has 0 radical (unpaired) electrons. The second-order valence-electron chi connectivity index (χ2n) is 6.91. The maximum absolute atomic E-state index is 5.42. The quantitative estimate of drug-likeness (QED) is 0.245. The van der Waals surface area contributed by atoms with Gasteiger partial charge in [-0.1, -0.05) is 19.1 Å². The van der Waals surface area contributed by atoms with Crippen molar-refractivity contribution in [2.24, 2.45) is 10.9 Å². The van der Waals surface area contributed by atoms with Gasteiger partial charge in [0.15, 0.2) is 5.96 Å². The number of benzene rings is 1. The number of aliphatic imine (C=N–C) groups is 1. The summed E-state index contributed by atoms with van der Waals surface area (Å²) in [5.41, 5.74) is 2.57. The predicted molar refractivity (Wildman–Crippen MR) is 128 cm³/mol. The van der Waals surface area contributed by atoms with Gasteiger partial charge in [0.1, 0.15) is 0 Å². The average Bonchev–Trinajstić information content (AvgIpc) is 2.65. The number of ether oxygens (including phenoxy) is 1. The molecule has 1 heterocycles. The van der Waals surface area contributed by atoms with Crippen LogP contribution in [0.25, 0.3) is 0 Å². The number of aryl methyl sites for hydroxylation is 1. The molecule has 0 aliphatic carbocycles. The van der Waals surface area contributed by atoms with Crippen molar-refractivity contribution in [1.82, 2.24) is 15.5 Å². The Bertz CT molecular complexity index is 579. The predicted octanol–water partition coefficient (Wildman–Crippen LogP) is 3.36. The van der Waals surface area contributed by atoms with Crippen molar-refractivity contribution < 1.29 is 4.74 Å². The SMILES string of the molecule is CCNC(=NCc1ccc(C)cc1SC)NCC(C)CN1CCOCC1.I. The highest BCUT2D eigenvalue weighted by Crippen LogP contribution is 2.22. The summed E-state index contributed by atoms with van der Waals surface area (Å²) < 4.78 is 5.42. The van der Waals surface area contributed by atoms with Gasteiger partial charge < -0.3 is 15.4 Å². The largest absolute Gasteiger partial charge is 0.379 e. The van der Waals surface area contributed by atoms with Crippen LogP contribution >= 0.6 is 35.7 Å². The fraction of sp³-hybridized carbons (Fsp3) is 0.650. The highest BCUT2D eigenvalue weighted by atomic mass is 127. The summed E-state index contributed by atoms with van der Waals surface area (Å²) in [5.74, 6) is 1.46. The van der Waals surface area contributed by atoms with Crippen molar-refractivity contribution in [2.45, 2.75) is 32.2 Å². The van der Waals surface area contributed by atoms with Crippen LogP contribution in [0.1, 0.15) is 25.0 Å². The van der Waals surface area contributed by atoms with Gasteiger partial charge in [0.05, 0.1) is 19.8 Å². The first-order valence-electron chi connectivity index (χ1n) is 9.58. The van der Waals surface area contributed by atoms with Gasteiger partial charge >= 0.3 is 0 Å². The molecule has 1 aliphatic heterocycles. The Hall–Kier alpha value is -0.510. The van der Waals surface area contributed by atoms with Gasteiger partial charge in [-0.3, -0.25) is 4.90 Å². The second kappa shape index (κ2) is 13.6. The summed E-state index contributed by atoms with van der Waals surface area (Å²) in [6.07, 6.45) is 2.12. The molecule has 1 unspecified atom stereocenters. The molecule has 2 rings (SSSR count). The van der Waals surface area contributed by atoms with Crippen molar-refractivity contribution in [3.63, 3.8) is 0 Å². The lowest BCUT2D eigenvalue weighted by molar-refractivity contribution is 0.0320. The van der Waals surface area contributed by atoms with Crippen molar-refractivity contribution in [3.05, 3.63) is 29.3 Å². The number of hydrogen-bond acceptors (Lipinski definition) is 4. The Kier molecular flexibility index (Phi) is 12.4. The lowest BCUT2D eigenvalue weighted by Crippen LogP contribution is -2.44. The van der Waals surface area contributed by atoms with Crippen LogP contribution in [0.4, 0.5) is 0 Å². The fourth-order valence-corrected chi connectivity index (χ4v) is 3.75. The highest BCUT2D eigenvalue weighted by molar-refractivity contribution is 14.0. The van der Waals surface area contributed by atoms with E-state index < -0.39 is 0 Å². The maximum atomic E-state index is 5.42. The summed E-state index contributed by atoms with van der Waals surface area (Å²) in [5, 5.41) is 6.86. The van der Waals surface area contributed by atoms with Gasteiger partial charge in [-0.25, -0.2) is 4.99 Å². The first kappa shape index (κ1) is 24.5. The Morgan fingerprint density at radius 1 is 1.30 bits per heavy atom. The number of hydrogen-bond donors (Lipinski definition) is 2. The lowest BCUT2D eigenvalue weighted by Gasteiger charge is -2.29. The summed E-state index contributed by atoms with van der Waals surface area (Å²) in [7, 11) is 0. The second-order valence-corrected chi connectivity index (χ2v) is 7.76. The molecule has 1 atom stereocenters. The summed E-state index contributed by atoms with van der Waals surface area (Å²) in [6.45, 7) is 13.9. The Balaban J connectivity index is 0.00000364. The summed E-state index contributed by atoms with van der Waals surface area (Å²) in [4.78, 5) is 8.58. The normalized spacial score (nSPS) is 16.5. The zero-order valence-electron chi connectivity index (χ0n) is 17.1. The van der Waals surface area contributed by atoms with Crippen LogP contribution in [0.5, 0.6) is 0 Å². The molecule has 1 aliphatic rings. The van der Waals surface area contributed by atoms with Crippen LogP contribution in [0.3, 0.4) is 0 Å². The third kappa shape index (κ3) is 9.02. The Morgan fingerprint density at radius 2 is 2.04 bits per heavy atom. The van der Waals surface area contributed by atoms with Gasteiger partial charge in [-0.05, 0) is 43.2 Å².